The zero-order valence-electron chi connectivity index (χ0n) is 15.8. The number of hydrogen-bond acceptors (Lipinski definition) is 2. The highest BCUT2D eigenvalue weighted by Gasteiger charge is 2.31. The number of hydrogen-bond donors (Lipinski definition) is 2. The first-order valence-electron chi connectivity index (χ1n) is 9.09. The Morgan fingerprint density at radius 3 is 2.81 bits per heavy atom. The predicted molar refractivity (Wildman–Crippen MR) is 109 cm³/mol. The van der Waals surface area contributed by atoms with E-state index in [4.69, 9.17) is 11.6 Å². The highest BCUT2D eigenvalue weighted by molar-refractivity contribution is 6.36. The zero-order valence-corrected chi connectivity index (χ0v) is 16.5. The molecule has 0 spiro atoms. The Bertz CT molecular complexity index is 1020. The Hall–Kier alpha value is -2.53. The topological polar surface area (TPSA) is 61.0 Å². The molecular weight excluding hydrogens is 360 g/mol. The lowest BCUT2D eigenvalue weighted by atomic mass is 9.88. The van der Waals surface area contributed by atoms with Crippen molar-refractivity contribution in [3.05, 3.63) is 58.4 Å². The van der Waals surface area contributed by atoms with Crippen molar-refractivity contribution in [1.29, 1.82) is 0 Å². The number of anilines is 1. The van der Waals surface area contributed by atoms with Gasteiger partial charge in [-0.25, -0.2) is 4.79 Å². The molecule has 2 heterocycles. The number of fused-ring (bicyclic) bond motifs is 2. The van der Waals surface area contributed by atoms with Crippen LogP contribution in [-0.4, -0.2) is 27.7 Å². The minimum absolute atomic E-state index is 0.0355. The Morgan fingerprint density at radius 1 is 1.30 bits per heavy atom. The normalized spacial score (nSPS) is 16.1. The van der Waals surface area contributed by atoms with E-state index in [9.17, 15) is 4.79 Å². The summed E-state index contributed by atoms with van der Waals surface area (Å²) in [6.45, 7) is 7.53. The van der Waals surface area contributed by atoms with E-state index in [1.165, 1.54) is 0 Å². The first kappa shape index (κ1) is 17.9. The fraction of sp³-hybridized carbons (Fsp3) is 0.333. The number of aryl methyl sites for hydroxylation is 1. The molecule has 27 heavy (non-hydrogen) atoms. The van der Waals surface area contributed by atoms with Gasteiger partial charge in [0.15, 0.2) is 0 Å². The van der Waals surface area contributed by atoms with Crippen LogP contribution in [0.2, 0.25) is 5.02 Å². The molecule has 0 atom stereocenters. The van der Waals surface area contributed by atoms with Crippen molar-refractivity contribution in [2.24, 2.45) is 5.41 Å². The summed E-state index contributed by atoms with van der Waals surface area (Å²) in [7, 11) is 0. The predicted octanol–water partition coefficient (Wildman–Crippen LogP) is 5.14. The second-order valence-electron chi connectivity index (χ2n) is 8.10. The molecule has 0 saturated carbocycles. The number of carbonyl (C=O) groups is 1. The smallest absolute Gasteiger partial charge is 0.320 e. The molecule has 2 aromatic carbocycles. The van der Waals surface area contributed by atoms with Crippen LogP contribution in [0.1, 0.15) is 30.7 Å². The van der Waals surface area contributed by atoms with Gasteiger partial charge in [-0.05, 0) is 30.4 Å². The molecule has 0 unspecified atom stereocenters. The minimum Gasteiger partial charge on any atom is -0.320 e. The van der Waals surface area contributed by atoms with Crippen LogP contribution in [0.15, 0.2) is 36.5 Å². The van der Waals surface area contributed by atoms with Gasteiger partial charge in [-0.2, -0.15) is 5.10 Å². The van der Waals surface area contributed by atoms with Crippen molar-refractivity contribution >= 4 is 34.1 Å². The van der Waals surface area contributed by atoms with Gasteiger partial charge in [-0.1, -0.05) is 49.7 Å². The lowest BCUT2D eigenvalue weighted by Crippen LogP contribution is -2.40. The summed E-state index contributed by atoms with van der Waals surface area (Å²) in [4.78, 5) is 15.0. The molecule has 6 heteroatoms. The molecule has 1 aliphatic heterocycles. The van der Waals surface area contributed by atoms with Crippen LogP contribution in [0.4, 0.5) is 10.5 Å². The summed E-state index contributed by atoms with van der Waals surface area (Å²) in [5.41, 5.74) is 3.92. The number of aromatic nitrogens is 2. The van der Waals surface area contributed by atoms with E-state index in [0.717, 1.165) is 39.7 Å². The molecular formula is C21H23ClN4O. The van der Waals surface area contributed by atoms with E-state index >= 15 is 0 Å². The number of benzene rings is 2. The van der Waals surface area contributed by atoms with Crippen molar-refractivity contribution in [2.45, 2.75) is 33.7 Å². The highest BCUT2D eigenvalue weighted by Crippen LogP contribution is 2.34. The van der Waals surface area contributed by atoms with Crippen LogP contribution in [0, 0.1) is 12.3 Å². The molecule has 0 fully saturated rings. The standard InChI is InChI=1S/C21H23ClN4O/c1-13-8-17(22)15-6-4-5-7-16(15)19(13)24-20(27)26-11-14-10-23-25-18(14)9-21(2,3)12-26/h4-8,10H,9,11-12H2,1-3H3,(H,23,25)(H,24,27). The van der Waals surface area contributed by atoms with Gasteiger partial charge in [0.1, 0.15) is 0 Å². The van der Waals surface area contributed by atoms with Crippen molar-refractivity contribution < 1.29 is 4.79 Å². The zero-order chi connectivity index (χ0) is 19.2. The number of urea groups is 1. The number of halogens is 1. The number of amides is 2. The van der Waals surface area contributed by atoms with Gasteiger partial charge in [0.25, 0.3) is 0 Å². The van der Waals surface area contributed by atoms with Crippen LogP contribution < -0.4 is 5.32 Å². The van der Waals surface area contributed by atoms with Crippen LogP contribution in [0.25, 0.3) is 10.8 Å². The van der Waals surface area contributed by atoms with E-state index in [1.807, 2.05) is 48.4 Å². The molecule has 2 amide bonds. The maximum atomic E-state index is 13.2. The molecule has 0 aliphatic carbocycles. The Labute approximate surface area is 163 Å². The lowest BCUT2D eigenvalue weighted by Gasteiger charge is -2.30. The summed E-state index contributed by atoms with van der Waals surface area (Å²) in [6, 6.07) is 9.67. The molecule has 5 nitrogen and oxygen atoms in total. The van der Waals surface area contributed by atoms with E-state index < -0.39 is 0 Å². The van der Waals surface area contributed by atoms with Gasteiger partial charge < -0.3 is 10.2 Å². The first-order chi connectivity index (χ1) is 12.8. The third-order valence-corrected chi connectivity index (χ3v) is 5.47. The average molecular weight is 383 g/mol. The summed E-state index contributed by atoms with van der Waals surface area (Å²) in [6.07, 6.45) is 2.69. The first-order valence-corrected chi connectivity index (χ1v) is 9.47. The maximum absolute atomic E-state index is 13.2. The Morgan fingerprint density at radius 2 is 2.04 bits per heavy atom. The molecule has 0 saturated heterocycles. The molecule has 4 rings (SSSR count). The van der Waals surface area contributed by atoms with Gasteiger partial charge in [-0.3, -0.25) is 5.10 Å². The van der Waals surface area contributed by atoms with Gasteiger partial charge in [-0.15, -0.1) is 0 Å². The monoisotopic (exact) mass is 382 g/mol. The van der Waals surface area contributed by atoms with Crippen molar-refractivity contribution in [3.63, 3.8) is 0 Å². The molecule has 140 valence electrons. The van der Waals surface area contributed by atoms with E-state index in [0.29, 0.717) is 18.1 Å². The van der Waals surface area contributed by atoms with Gasteiger partial charge in [0.2, 0.25) is 0 Å². The molecule has 0 radical (unpaired) electrons. The van der Waals surface area contributed by atoms with Crippen molar-refractivity contribution in [2.75, 3.05) is 11.9 Å². The maximum Gasteiger partial charge on any atom is 0.322 e. The highest BCUT2D eigenvalue weighted by atomic mass is 35.5. The van der Waals surface area contributed by atoms with Crippen LogP contribution >= 0.6 is 11.6 Å². The molecule has 2 N–H and O–H groups in total. The number of carbonyl (C=O) groups excluding carboxylic acids is 1. The van der Waals surface area contributed by atoms with E-state index in [2.05, 4.69) is 29.4 Å². The lowest BCUT2D eigenvalue weighted by molar-refractivity contribution is 0.180. The minimum atomic E-state index is -0.104. The summed E-state index contributed by atoms with van der Waals surface area (Å²) >= 11 is 6.39. The number of nitrogens with zero attached hydrogens (tertiary/aromatic N) is 2. The Balaban J connectivity index is 1.68. The van der Waals surface area contributed by atoms with Crippen LogP contribution in [-0.2, 0) is 13.0 Å². The fourth-order valence-electron chi connectivity index (χ4n) is 3.90. The number of H-pyrrole nitrogens is 1. The third kappa shape index (κ3) is 3.39. The third-order valence-electron chi connectivity index (χ3n) is 5.15. The molecule has 1 aliphatic rings. The second-order valence-corrected chi connectivity index (χ2v) is 8.50. The summed E-state index contributed by atoms with van der Waals surface area (Å²) < 4.78 is 0. The second kappa shape index (κ2) is 6.57. The van der Waals surface area contributed by atoms with Gasteiger partial charge in [0.05, 0.1) is 18.4 Å². The van der Waals surface area contributed by atoms with Gasteiger partial charge in [0, 0.05) is 33.6 Å². The van der Waals surface area contributed by atoms with Crippen LogP contribution in [0.5, 0.6) is 0 Å². The van der Waals surface area contributed by atoms with E-state index in [-0.39, 0.29) is 11.4 Å². The van der Waals surface area contributed by atoms with Gasteiger partial charge >= 0.3 is 6.03 Å². The van der Waals surface area contributed by atoms with Crippen molar-refractivity contribution in [1.82, 2.24) is 15.1 Å². The molecule has 0 bridgehead atoms. The Kier molecular flexibility index (Phi) is 4.35. The summed E-state index contributed by atoms with van der Waals surface area (Å²) in [5.74, 6) is 0. The quantitative estimate of drug-likeness (QED) is 0.612. The van der Waals surface area contributed by atoms with E-state index in [1.54, 1.807) is 0 Å². The number of rotatable bonds is 1. The summed E-state index contributed by atoms with van der Waals surface area (Å²) in [5, 5.41) is 13.0. The largest absolute Gasteiger partial charge is 0.322 e. The molecule has 3 aromatic rings. The van der Waals surface area contributed by atoms with Crippen molar-refractivity contribution in [3.8, 4) is 0 Å². The fourth-order valence-corrected chi connectivity index (χ4v) is 4.23. The average Bonchev–Trinajstić information content (AvgIpc) is 2.98. The number of nitrogens with one attached hydrogen (secondary N) is 2. The van der Waals surface area contributed by atoms with Crippen LogP contribution in [0.3, 0.4) is 0 Å². The SMILES string of the molecule is Cc1cc(Cl)c2ccccc2c1NC(=O)N1Cc2cn[nH]c2CC(C)(C)C1. The molecule has 1 aromatic heterocycles. The number of aromatic amines is 1.